The summed E-state index contributed by atoms with van der Waals surface area (Å²) in [6, 6.07) is 15.7. The van der Waals surface area contributed by atoms with Gasteiger partial charge in [-0.25, -0.2) is 14.6 Å². The van der Waals surface area contributed by atoms with Crippen LogP contribution >= 0.6 is 0 Å². The SMILES string of the molecule is CCc1nc(NCCNC(=O)c2ccc(C)cc2)c2cnn(-c3ccc(C)cc3)c2n1. The van der Waals surface area contributed by atoms with Crippen molar-refractivity contribution in [2.45, 2.75) is 27.2 Å². The molecule has 0 aliphatic carbocycles. The number of hydrogen-bond donors (Lipinski definition) is 2. The van der Waals surface area contributed by atoms with E-state index in [1.54, 1.807) is 6.20 Å². The van der Waals surface area contributed by atoms with E-state index in [0.29, 0.717) is 25.1 Å². The van der Waals surface area contributed by atoms with E-state index in [-0.39, 0.29) is 5.91 Å². The number of carbonyl (C=O) groups is 1. The van der Waals surface area contributed by atoms with Gasteiger partial charge in [0.05, 0.1) is 17.3 Å². The highest BCUT2D eigenvalue weighted by atomic mass is 16.1. The molecule has 2 N–H and O–H groups in total. The van der Waals surface area contributed by atoms with E-state index < -0.39 is 0 Å². The van der Waals surface area contributed by atoms with Crippen LogP contribution in [0.1, 0.15) is 34.2 Å². The van der Waals surface area contributed by atoms with E-state index in [0.717, 1.165) is 33.9 Å². The number of aromatic nitrogens is 4. The predicted molar refractivity (Wildman–Crippen MR) is 123 cm³/mol. The highest BCUT2D eigenvalue weighted by Crippen LogP contribution is 2.23. The second-order valence-electron chi connectivity index (χ2n) is 7.52. The Hall–Kier alpha value is -3.74. The molecule has 4 rings (SSSR count). The maximum atomic E-state index is 12.3. The fraction of sp³-hybridized carbons (Fsp3) is 0.250. The maximum Gasteiger partial charge on any atom is 0.251 e. The lowest BCUT2D eigenvalue weighted by Gasteiger charge is -2.10. The van der Waals surface area contributed by atoms with Gasteiger partial charge in [0.2, 0.25) is 0 Å². The van der Waals surface area contributed by atoms with Crippen LogP contribution in [0.5, 0.6) is 0 Å². The van der Waals surface area contributed by atoms with Crippen molar-refractivity contribution in [1.82, 2.24) is 25.1 Å². The number of nitrogens with zero attached hydrogens (tertiary/aromatic N) is 4. The number of nitrogens with one attached hydrogen (secondary N) is 2. The third-order valence-corrected chi connectivity index (χ3v) is 5.09. The first-order valence-electron chi connectivity index (χ1n) is 10.5. The van der Waals surface area contributed by atoms with Gasteiger partial charge in [0.1, 0.15) is 11.6 Å². The van der Waals surface area contributed by atoms with Gasteiger partial charge in [-0.15, -0.1) is 0 Å². The van der Waals surface area contributed by atoms with Gasteiger partial charge in [-0.05, 0) is 38.1 Å². The highest BCUT2D eigenvalue weighted by molar-refractivity contribution is 5.94. The first kappa shape index (κ1) is 20.5. The molecule has 0 unspecified atom stereocenters. The standard InChI is InChI=1S/C24H26N6O/c1-4-21-28-22(25-13-14-26-24(31)18-9-5-16(2)6-10-18)20-15-27-30(23(20)29-21)19-11-7-17(3)8-12-19/h5-12,15H,4,13-14H2,1-3H3,(H,26,31)(H,25,28,29). The smallest absolute Gasteiger partial charge is 0.251 e. The van der Waals surface area contributed by atoms with Gasteiger partial charge < -0.3 is 10.6 Å². The van der Waals surface area contributed by atoms with Crippen molar-refractivity contribution >= 4 is 22.8 Å². The van der Waals surface area contributed by atoms with E-state index in [4.69, 9.17) is 4.98 Å². The predicted octanol–water partition coefficient (Wildman–Crippen LogP) is 3.84. The Balaban J connectivity index is 1.49. The van der Waals surface area contributed by atoms with Crippen molar-refractivity contribution in [2.75, 3.05) is 18.4 Å². The molecular formula is C24H26N6O. The van der Waals surface area contributed by atoms with Crippen molar-refractivity contribution in [3.63, 3.8) is 0 Å². The van der Waals surface area contributed by atoms with Crippen molar-refractivity contribution < 1.29 is 4.79 Å². The number of rotatable bonds is 7. The number of fused-ring (bicyclic) bond motifs is 1. The molecule has 0 spiro atoms. The van der Waals surface area contributed by atoms with Gasteiger partial charge in [-0.1, -0.05) is 42.3 Å². The maximum absolute atomic E-state index is 12.3. The third kappa shape index (κ3) is 4.55. The Bertz CT molecular complexity index is 1200. The average molecular weight is 415 g/mol. The minimum atomic E-state index is -0.0870. The van der Waals surface area contributed by atoms with Crippen molar-refractivity contribution in [3.8, 4) is 5.69 Å². The van der Waals surface area contributed by atoms with Crippen LogP contribution in [-0.2, 0) is 6.42 Å². The molecule has 158 valence electrons. The Morgan fingerprint density at radius 1 is 0.935 bits per heavy atom. The van der Waals surface area contributed by atoms with Crippen LogP contribution in [0.3, 0.4) is 0 Å². The fourth-order valence-corrected chi connectivity index (χ4v) is 3.28. The molecule has 0 bridgehead atoms. The molecule has 31 heavy (non-hydrogen) atoms. The van der Waals surface area contributed by atoms with E-state index in [9.17, 15) is 4.79 Å². The summed E-state index contributed by atoms with van der Waals surface area (Å²) in [7, 11) is 0. The van der Waals surface area contributed by atoms with Crippen LogP contribution < -0.4 is 10.6 Å². The zero-order chi connectivity index (χ0) is 21.8. The zero-order valence-electron chi connectivity index (χ0n) is 18.0. The molecule has 7 nitrogen and oxygen atoms in total. The molecule has 0 aliphatic rings. The Morgan fingerprint density at radius 3 is 2.29 bits per heavy atom. The van der Waals surface area contributed by atoms with Gasteiger partial charge in [-0.2, -0.15) is 5.10 Å². The summed E-state index contributed by atoms with van der Waals surface area (Å²) >= 11 is 0. The van der Waals surface area contributed by atoms with Gasteiger partial charge >= 0.3 is 0 Å². The van der Waals surface area contributed by atoms with Crippen molar-refractivity contribution in [3.05, 3.63) is 77.2 Å². The largest absolute Gasteiger partial charge is 0.368 e. The van der Waals surface area contributed by atoms with Gasteiger partial charge in [0, 0.05) is 25.1 Å². The Morgan fingerprint density at radius 2 is 1.61 bits per heavy atom. The van der Waals surface area contributed by atoms with Gasteiger partial charge in [0.15, 0.2) is 5.65 Å². The molecule has 0 saturated carbocycles. The highest BCUT2D eigenvalue weighted by Gasteiger charge is 2.13. The fourth-order valence-electron chi connectivity index (χ4n) is 3.28. The third-order valence-electron chi connectivity index (χ3n) is 5.09. The summed E-state index contributed by atoms with van der Waals surface area (Å²) in [5.74, 6) is 1.38. The lowest BCUT2D eigenvalue weighted by molar-refractivity contribution is 0.0955. The molecular weight excluding hydrogens is 388 g/mol. The summed E-state index contributed by atoms with van der Waals surface area (Å²) in [5.41, 5.74) is 4.70. The molecule has 7 heteroatoms. The lowest BCUT2D eigenvalue weighted by atomic mass is 10.1. The quantitative estimate of drug-likeness (QED) is 0.449. The number of benzene rings is 2. The van der Waals surface area contributed by atoms with Crippen LogP contribution in [-0.4, -0.2) is 38.7 Å². The molecule has 2 heterocycles. The van der Waals surface area contributed by atoms with Crippen LogP contribution in [0.2, 0.25) is 0 Å². The monoisotopic (exact) mass is 414 g/mol. The molecule has 2 aromatic heterocycles. The van der Waals surface area contributed by atoms with E-state index in [1.165, 1.54) is 5.56 Å². The zero-order valence-corrected chi connectivity index (χ0v) is 18.0. The first-order valence-corrected chi connectivity index (χ1v) is 10.5. The van der Waals surface area contributed by atoms with E-state index >= 15 is 0 Å². The van der Waals surface area contributed by atoms with E-state index in [2.05, 4.69) is 39.8 Å². The number of amides is 1. The summed E-state index contributed by atoms with van der Waals surface area (Å²) in [6.07, 6.45) is 2.50. The minimum Gasteiger partial charge on any atom is -0.368 e. The van der Waals surface area contributed by atoms with Crippen LogP contribution in [0.25, 0.3) is 16.7 Å². The average Bonchev–Trinajstić information content (AvgIpc) is 3.21. The molecule has 1 amide bonds. The number of aryl methyl sites for hydroxylation is 3. The summed E-state index contributed by atoms with van der Waals surface area (Å²) in [5, 5.41) is 11.7. The molecule has 0 saturated heterocycles. The second-order valence-corrected chi connectivity index (χ2v) is 7.52. The molecule has 2 aromatic carbocycles. The summed E-state index contributed by atoms with van der Waals surface area (Å²) in [4.78, 5) is 21.6. The minimum absolute atomic E-state index is 0.0870. The molecule has 0 aliphatic heterocycles. The van der Waals surface area contributed by atoms with Gasteiger partial charge in [0.25, 0.3) is 5.91 Å². The molecule has 0 atom stereocenters. The number of hydrogen-bond acceptors (Lipinski definition) is 5. The number of anilines is 1. The van der Waals surface area contributed by atoms with Crippen LogP contribution in [0.15, 0.2) is 54.7 Å². The van der Waals surface area contributed by atoms with Crippen molar-refractivity contribution in [1.29, 1.82) is 0 Å². The van der Waals surface area contributed by atoms with E-state index in [1.807, 2.05) is 54.9 Å². The molecule has 4 aromatic rings. The molecule has 0 fully saturated rings. The van der Waals surface area contributed by atoms with Crippen molar-refractivity contribution in [2.24, 2.45) is 0 Å². The lowest BCUT2D eigenvalue weighted by Crippen LogP contribution is -2.29. The first-order chi connectivity index (χ1) is 15.0. The topological polar surface area (TPSA) is 84.7 Å². The van der Waals surface area contributed by atoms with Crippen LogP contribution in [0, 0.1) is 13.8 Å². The normalized spacial score (nSPS) is 10.9. The Labute approximate surface area is 181 Å². The summed E-state index contributed by atoms with van der Waals surface area (Å²) in [6.45, 7) is 7.11. The molecule has 0 radical (unpaired) electrons. The van der Waals surface area contributed by atoms with Gasteiger partial charge in [-0.3, -0.25) is 4.79 Å². The number of carbonyl (C=O) groups excluding carboxylic acids is 1. The second kappa shape index (κ2) is 8.95. The Kier molecular flexibility index (Phi) is 5.93. The summed E-state index contributed by atoms with van der Waals surface area (Å²) < 4.78 is 1.83. The van der Waals surface area contributed by atoms with Crippen LogP contribution in [0.4, 0.5) is 5.82 Å².